The van der Waals surface area contributed by atoms with Crippen LogP contribution in [-0.4, -0.2) is 21.0 Å². The zero-order chi connectivity index (χ0) is 16.6. The minimum absolute atomic E-state index is 0.136. The number of hydrogen-bond acceptors (Lipinski definition) is 4. The average molecular weight is 372 g/mol. The molecule has 116 valence electrons. The first-order valence-corrected chi connectivity index (χ1v) is 7.78. The van der Waals surface area contributed by atoms with Crippen LogP contribution >= 0.6 is 15.9 Å². The van der Waals surface area contributed by atoms with E-state index in [0.29, 0.717) is 22.3 Å². The van der Waals surface area contributed by atoms with Crippen molar-refractivity contribution in [3.8, 4) is 5.75 Å². The molecule has 1 heterocycles. The Morgan fingerprint density at radius 3 is 2.78 bits per heavy atom. The Kier molecular flexibility index (Phi) is 4.00. The molecule has 3 aromatic rings. The van der Waals surface area contributed by atoms with Crippen LogP contribution in [0.4, 0.5) is 0 Å². The molecule has 0 saturated carbocycles. The van der Waals surface area contributed by atoms with E-state index in [4.69, 9.17) is 0 Å². The van der Waals surface area contributed by atoms with Crippen LogP contribution in [0, 0.1) is 13.8 Å². The van der Waals surface area contributed by atoms with Gasteiger partial charge in [-0.3, -0.25) is 4.79 Å². The first-order chi connectivity index (χ1) is 11.0. The highest BCUT2D eigenvalue weighted by Gasteiger charge is 2.08. The SMILES string of the molecule is Cc1cc(Br)cc(C=Nn2c(C)nc3ccccc3c2=O)c1O. The van der Waals surface area contributed by atoms with E-state index in [1.807, 2.05) is 12.1 Å². The van der Waals surface area contributed by atoms with Gasteiger partial charge >= 0.3 is 0 Å². The smallest absolute Gasteiger partial charge is 0.282 e. The van der Waals surface area contributed by atoms with Crippen molar-refractivity contribution in [3.05, 3.63) is 68.2 Å². The minimum Gasteiger partial charge on any atom is -0.507 e. The second-order valence-corrected chi connectivity index (χ2v) is 6.11. The van der Waals surface area contributed by atoms with Crippen LogP contribution < -0.4 is 5.56 Å². The molecule has 0 atom stereocenters. The van der Waals surface area contributed by atoms with Crippen LogP contribution in [0.5, 0.6) is 5.75 Å². The predicted molar refractivity (Wildman–Crippen MR) is 94.3 cm³/mol. The molecule has 0 radical (unpaired) electrons. The lowest BCUT2D eigenvalue weighted by Gasteiger charge is -2.06. The quantitative estimate of drug-likeness (QED) is 0.702. The zero-order valence-electron chi connectivity index (χ0n) is 12.6. The third kappa shape index (κ3) is 2.90. The van der Waals surface area contributed by atoms with E-state index < -0.39 is 0 Å². The Labute approximate surface area is 141 Å². The summed E-state index contributed by atoms with van der Waals surface area (Å²) in [6.07, 6.45) is 1.46. The van der Waals surface area contributed by atoms with Gasteiger partial charge in [0.25, 0.3) is 5.56 Å². The number of aromatic nitrogens is 2. The number of para-hydroxylation sites is 1. The molecule has 0 spiro atoms. The number of aromatic hydroxyl groups is 1. The molecule has 0 amide bonds. The maximum Gasteiger partial charge on any atom is 0.282 e. The summed E-state index contributed by atoms with van der Waals surface area (Å²) in [4.78, 5) is 16.9. The van der Waals surface area contributed by atoms with E-state index in [-0.39, 0.29) is 11.3 Å². The molecule has 0 aliphatic carbocycles. The Morgan fingerprint density at radius 1 is 1.26 bits per heavy atom. The van der Waals surface area contributed by atoms with Crippen LogP contribution in [-0.2, 0) is 0 Å². The fraction of sp³-hybridized carbons (Fsp3) is 0.118. The minimum atomic E-state index is -0.240. The van der Waals surface area contributed by atoms with Crippen LogP contribution in [0.2, 0.25) is 0 Å². The van der Waals surface area contributed by atoms with Gasteiger partial charge in [-0.2, -0.15) is 9.78 Å². The first kappa shape index (κ1) is 15.4. The van der Waals surface area contributed by atoms with E-state index in [0.717, 1.165) is 10.0 Å². The summed E-state index contributed by atoms with van der Waals surface area (Å²) in [6.45, 7) is 3.52. The summed E-state index contributed by atoms with van der Waals surface area (Å²) >= 11 is 3.38. The molecule has 2 aromatic carbocycles. The van der Waals surface area contributed by atoms with Gasteiger partial charge in [-0.25, -0.2) is 4.98 Å². The zero-order valence-corrected chi connectivity index (χ0v) is 14.2. The van der Waals surface area contributed by atoms with Gasteiger partial charge in [0.1, 0.15) is 11.6 Å². The molecular weight excluding hydrogens is 358 g/mol. The van der Waals surface area contributed by atoms with Crippen molar-refractivity contribution < 1.29 is 5.11 Å². The molecule has 0 fully saturated rings. The molecule has 3 rings (SSSR count). The summed E-state index contributed by atoms with van der Waals surface area (Å²) in [5, 5.41) is 14.8. The molecular formula is C17H14BrN3O2. The van der Waals surface area contributed by atoms with Crippen molar-refractivity contribution in [2.45, 2.75) is 13.8 Å². The molecule has 0 saturated heterocycles. The second-order valence-electron chi connectivity index (χ2n) is 5.20. The molecule has 0 aliphatic rings. The van der Waals surface area contributed by atoms with Crippen molar-refractivity contribution in [1.82, 2.24) is 9.66 Å². The lowest BCUT2D eigenvalue weighted by molar-refractivity contribution is 0.470. The maximum atomic E-state index is 12.5. The fourth-order valence-corrected chi connectivity index (χ4v) is 2.94. The maximum absolute atomic E-state index is 12.5. The van der Waals surface area contributed by atoms with Gasteiger partial charge in [-0.05, 0) is 43.7 Å². The Bertz CT molecular complexity index is 993. The van der Waals surface area contributed by atoms with Gasteiger partial charge in [0.15, 0.2) is 0 Å². The van der Waals surface area contributed by atoms with Gasteiger partial charge in [-0.15, -0.1) is 0 Å². The lowest BCUT2D eigenvalue weighted by Crippen LogP contribution is -2.20. The number of nitrogens with zero attached hydrogens (tertiary/aromatic N) is 3. The third-order valence-electron chi connectivity index (χ3n) is 3.52. The van der Waals surface area contributed by atoms with Crippen molar-refractivity contribution in [2.24, 2.45) is 5.10 Å². The summed E-state index contributed by atoms with van der Waals surface area (Å²) in [5.41, 5.74) is 1.65. The summed E-state index contributed by atoms with van der Waals surface area (Å²) in [5.74, 6) is 0.618. The van der Waals surface area contributed by atoms with E-state index in [1.165, 1.54) is 10.9 Å². The number of phenols is 1. The summed E-state index contributed by atoms with van der Waals surface area (Å²) in [6, 6.07) is 10.7. The highest BCUT2D eigenvalue weighted by atomic mass is 79.9. The van der Waals surface area contributed by atoms with Crippen molar-refractivity contribution in [2.75, 3.05) is 0 Å². The topological polar surface area (TPSA) is 67.5 Å². The van der Waals surface area contributed by atoms with Gasteiger partial charge in [0.2, 0.25) is 0 Å². The molecule has 0 unspecified atom stereocenters. The van der Waals surface area contributed by atoms with Crippen LogP contribution in [0.15, 0.2) is 50.8 Å². The Morgan fingerprint density at radius 2 is 2.00 bits per heavy atom. The molecule has 6 heteroatoms. The Balaban J connectivity index is 2.14. The largest absolute Gasteiger partial charge is 0.507 e. The predicted octanol–water partition coefficient (Wildman–Crippen LogP) is 3.36. The van der Waals surface area contributed by atoms with Crippen LogP contribution in [0.1, 0.15) is 17.0 Å². The number of phenolic OH excluding ortho intramolecular Hbond substituents is 1. The second kappa shape index (κ2) is 5.96. The van der Waals surface area contributed by atoms with Crippen molar-refractivity contribution in [3.63, 3.8) is 0 Å². The summed E-state index contributed by atoms with van der Waals surface area (Å²) < 4.78 is 2.06. The number of halogens is 1. The number of hydrogen-bond donors (Lipinski definition) is 1. The number of rotatable bonds is 2. The molecule has 1 N–H and O–H groups in total. The van der Waals surface area contributed by atoms with E-state index in [2.05, 4.69) is 26.0 Å². The summed E-state index contributed by atoms with van der Waals surface area (Å²) in [7, 11) is 0. The lowest BCUT2D eigenvalue weighted by atomic mass is 10.1. The van der Waals surface area contributed by atoms with Crippen LogP contribution in [0.3, 0.4) is 0 Å². The normalized spacial score (nSPS) is 11.4. The molecule has 0 aliphatic heterocycles. The first-order valence-electron chi connectivity index (χ1n) is 6.99. The standard InChI is InChI=1S/C17H14BrN3O2/c1-10-7-13(18)8-12(16(10)22)9-19-21-11(2)20-15-6-4-3-5-14(15)17(21)23/h3-9,22H,1-2H3. The van der Waals surface area contributed by atoms with Crippen molar-refractivity contribution >= 4 is 33.0 Å². The van der Waals surface area contributed by atoms with Gasteiger partial charge < -0.3 is 5.11 Å². The molecule has 23 heavy (non-hydrogen) atoms. The molecule has 0 bridgehead atoms. The highest BCUT2D eigenvalue weighted by Crippen LogP contribution is 2.25. The van der Waals surface area contributed by atoms with Crippen molar-refractivity contribution in [1.29, 1.82) is 0 Å². The number of fused-ring (bicyclic) bond motifs is 1. The van der Waals surface area contributed by atoms with E-state index in [1.54, 1.807) is 38.1 Å². The Hall–Kier alpha value is -2.47. The average Bonchev–Trinajstić information content (AvgIpc) is 2.51. The van der Waals surface area contributed by atoms with E-state index in [9.17, 15) is 9.90 Å². The fourth-order valence-electron chi connectivity index (χ4n) is 2.35. The van der Waals surface area contributed by atoms with Gasteiger partial charge in [0.05, 0.1) is 17.1 Å². The number of benzene rings is 2. The molecule has 1 aromatic heterocycles. The van der Waals surface area contributed by atoms with Crippen LogP contribution in [0.25, 0.3) is 10.9 Å². The van der Waals surface area contributed by atoms with E-state index >= 15 is 0 Å². The third-order valence-corrected chi connectivity index (χ3v) is 3.98. The number of aryl methyl sites for hydroxylation is 2. The van der Waals surface area contributed by atoms with Gasteiger partial charge in [-0.1, -0.05) is 28.1 Å². The van der Waals surface area contributed by atoms with Gasteiger partial charge in [0, 0.05) is 10.0 Å². The highest BCUT2D eigenvalue weighted by molar-refractivity contribution is 9.10. The molecule has 5 nitrogen and oxygen atoms in total. The monoisotopic (exact) mass is 371 g/mol.